The second-order valence-electron chi connectivity index (χ2n) is 5.03. The topological polar surface area (TPSA) is 64.1 Å². The van der Waals surface area contributed by atoms with E-state index < -0.39 is 5.69 Å². The van der Waals surface area contributed by atoms with Gasteiger partial charge in [0, 0.05) is 11.8 Å². The summed E-state index contributed by atoms with van der Waals surface area (Å²) in [6, 6.07) is 18.1. The molecule has 0 aliphatic carbocycles. The van der Waals surface area contributed by atoms with Gasteiger partial charge in [0.2, 0.25) is 0 Å². The first-order valence-electron chi connectivity index (χ1n) is 7.36. The third-order valence-corrected chi connectivity index (χ3v) is 3.45. The summed E-state index contributed by atoms with van der Waals surface area (Å²) in [5, 5.41) is 0. The van der Waals surface area contributed by atoms with Crippen molar-refractivity contribution in [2.45, 2.75) is 13.3 Å². The van der Waals surface area contributed by atoms with Crippen molar-refractivity contribution in [3.8, 4) is 17.2 Å². The minimum Gasteiger partial charge on any atom is -0.457 e. The van der Waals surface area contributed by atoms with E-state index in [1.165, 1.54) is 10.6 Å². The second kappa shape index (κ2) is 6.36. The molecule has 0 aliphatic heterocycles. The highest BCUT2D eigenvalue weighted by atomic mass is 16.5. The highest BCUT2D eigenvalue weighted by molar-refractivity contribution is 5.40. The summed E-state index contributed by atoms with van der Waals surface area (Å²) in [4.78, 5) is 25.8. The molecule has 0 atom stereocenters. The smallest absolute Gasteiger partial charge is 0.333 e. The van der Waals surface area contributed by atoms with Crippen LogP contribution in [-0.4, -0.2) is 9.55 Å². The number of para-hydroxylation sites is 1. The Hall–Kier alpha value is -3.08. The maximum Gasteiger partial charge on any atom is 0.333 e. The number of aryl methyl sites for hydroxylation is 1. The molecule has 1 aromatic heterocycles. The van der Waals surface area contributed by atoms with Crippen molar-refractivity contribution in [2.75, 3.05) is 0 Å². The van der Waals surface area contributed by atoms with Crippen molar-refractivity contribution in [1.29, 1.82) is 0 Å². The molecular formula is C18H16N2O3. The van der Waals surface area contributed by atoms with E-state index in [0.29, 0.717) is 23.6 Å². The van der Waals surface area contributed by atoms with Gasteiger partial charge in [0.1, 0.15) is 11.5 Å². The standard InChI is InChI=1S/C18H16N2O3/c1-2-13-12-17(21)19-18(22)20(13)14-8-10-16(11-9-14)23-15-6-4-3-5-7-15/h3-12H,2H2,1H3,(H,19,21,22). The normalized spacial score (nSPS) is 10.5. The van der Waals surface area contributed by atoms with Crippen molar-refractivity contribution < 1.29 is 4.74 Å². The van der Waals surface area contributed by atoms with Crippen molar-refractivity contribution in [1.82, 2.24) is 9.55 Å². The van der Waals surface area contributed by atoms with Crippen LogP contribution in [0.3, 0.4) is 0 Å². The Bertz CT molecular complexity index is 909. The predicted molar refractivity (Wildman–Crippen MR) is 88.6 cm³/mol. The zero-order chi connectivity index (χ0) is 16.2. The first kappa shape index (κ1) is 14.8. The van der Waals surface area contributed by atoms with E-state index >= 15 is 0 Å². The van der Waals surface area contributed by atoms with Gasteiger partial charge in [-0.2, -0.15) is 0 Å². The fraction of sp³-hybridized carbons (Fsp3) is 0.111. The quantitative estimate of drug-likeness (QED) is 0.806. The van der Waals surface area contributed by atoms with Gasteiger partial charge >= 0.3 is 5.69 Å². The fourth-order valence-electron chi connectivity index (χ4n) is 2.37. The van der Waals surface area contributed by atoms with Crippen LogP contribution in [0.25, 0.3) is 5.69 Å². The summed E-state index contributed by atoms with van der Waals surface area (Å²) in [6.07, 6.45) is 0.585. The lowest BCUT2D eigenvalue weighted by atomic mass is 10.2. The van der Waals surface area contributed by atoms with Crippen molar-refractivity contribution in [3.63, 3.8) is 0 Å². The van der Waals surface area contributed by atoms with Crippen molar-refractivity contribution in [3.05, 3.63) is 87.2 Å². The molecule has 5 heteroatoms. The molecule has 0 unspecified atom stereocenters. The Kier molecular flexibility index (Phi) is 4.10. The Morgan fingerprint density at radius 1 is 0.957 bits per heavy atom. The van der Waals surface area contributed by atoms with Crippen LogP contribution >= 0.6 is 0 Å². The van der Waals surface area contributed by atoms with E-state index in [1.54, 1.807) is 24.3 Å². The van der Waals surface area contributed by atoms with E-state index in [4.69, 9.17) is 4.74 Å². The summed E-state index contributed by atoms with van der Waals surface area (Å²) in [6.45, 7) is 1.90. The van der Waals surface area contributed by atoms with Crippen molar-refractivity contribution in [2.24, 2.45) is 0 Å². The number of H-pyrrole nitrogens is 1. The third kappa shape index (κ3) is 3.23. The maximum atomic E-state index is 12.1. The van der Waals surface area contributed by atoms with Gasteiger partial charge in [0.15, 0.2) is 0 Å². The molecule has 23 heavy (non-hydrogen) atoms. The average molecular weight is 308 g/mol. The molecule has 0 saturated carbocycles. The Labute approximate surface area is 132 Å². The fourth-order valence-corrected chi connectivity index (χ4v) is 2.37. The van der Waals surface area contributed by atoms with Crippen LogP contribution in [0, 0.1) is 0 Å². The van der Waals surface area contributed by atoms with E-state index in [1.807, 2.05) is 37.3 Å². The first-order valence-corrected chi connectivity index (χ1v) is 7.36. The number of nitrogens with zero attached hydrogens (tertiary/aromatic N) is 1. The molecule has 116 valence electrons. The number of rotatable bonds is 4. The van der Waals surface area contributed by atoms with E-state index in [0.717, 1.165) is 5.75 Å². The second-order valence-corrected chi connectivity index (χ2v) is 5.03. The molecule has 1 N–H and O–H groups in total. The average Bonchev–Trinajstić information content (AvgIpc) is 2.56. The Morgan fingerprint density at radius 3 is 2.26 bits per heavy atom. The van der Waals surface area contributed by atoms with Gasteiger partial charge in [-0.25, -0.2) is 4.79 Å². The summed E-state index contributed by atoms with van der Waals surface area (Å²) in [5.41, 5.74) is 0.525. The van der Waals surface area contributed by atoms with Gasteiger partial charge in [-0.05, 0) is 42.8 Å². The molecule has 0 spiro atoms. The number of hydrogen-bond donors (Lipinski definition) is 1. The number of aromatic amines is 1. The van der Waals surface area contributed by atoms with Crippen LogP contribution in [-0.2, 0) is 6.42 Å². The zero-order valence-corrected chi connectivity index (χ0v) is 12.7. The largest absolute Gasteiger partial charge is 0.457 e. The Balaban J connectivity index is 1.94. The summed E-state index contributed by atoms with van der Waals surface area (Å²) < 4.78 is 7.22. The zero-order valence-electron chi connectivity index (χ0n) is 12.7. The van der Waals surface area contributed by atoms with Crippen LogP contribution in [0.5, 0.6) is 11.5 Å². The van der Waals surface area contributed by atoms with Gasteiger partial charge in [0.05, 0.1) is 5.69 Å². The molecule has 0 aliphatic rings. The molecule has 3 rings (SSSR count). The number of benzene rings is 2. The van der Waals surface area contributed by atoms with Gasteiger partial charge in [0.25, 0.3) is 5.56 Å². The molecule has 0 radical (unpaired) electrons. The van der Waals surface area contributed by atoms with E-state index in [-0.39, 0.29) is 5.56 Å². The van der Waals surface area contributed by atoms with Gasteiger partial charge < -0.3 is 4.74 Å². The first-order chi connectivity index (χ1) is 11.2. The van der Waals surface area contributed by atoms with Crippen LogP contribution in [0.15, 0.2) is 70.3 Å². The molecular weight excluding hydrogens is 292 g/mol. The minimum atomic E-state index is -0.439. The summed E-state index contributed by atoms with van der Waals surface area (Å²) in [7, 11) is 0. The van der Waals surface area contributed by atoms with Crippen LogP contribution in [0.2, 0.25) is 0 Å². The van der Waals surface area contributed by atoms with Crippen LogP contribution in [0.4, 0.5) is 0 Å². The highest BCUT2D eigenvalue weighted by Gasteiger charge is 2.07. The van der Waals surface area contributed by atoms with E-state index in [9.17, 15) is 9.59 Å². The number of hydrogen-bond acceptors (Lipinski definition) is 3. The van der Waals surface area contributed by atoms with Gasteiger partial charge in [-0.15, -0.1) is 0 Å². The SMILES string of the molecule is CCc1cc(=O)[nH]c(=O)n1-c1ccc(Oc2ccccc2)cc1. The summed E-state index contributed by atoms with van der Waals surface area (Å²) in [5.74, 6) is 1.42. The third-order valence-electron chi connectivity index (χ3n) is 3.45. The number of aromatic nitrogens is 2. The van der Waals surface area contributed by atoms with Gasteiger partial charge in [-0.1, -0.05) is 25.1 Å². The molecule has 0 saturated heterocycles. The molecule has 0 bridgehead atoms. The van der Waals surface area contributed by atoms with Crippen LogP contribution in [0.1, 0.15) is 12.6 Å². The summed E-state index contributed by atoms with van der Waals surface area (Å²) >= 11 is 0. The minimum absolute atomic E-state index is 0.382. The molecule has 0 fully saturated rings. The highest BCUT2D eigenvalue weighted by Crippen LogP contribution is 2.22. The number of ether oxygens (including phenoxy) is 1. The lowest BCUT2D eigenvalue weighted by Crippen LogP contribution is -2.30. The van der Waals surface area contributed by atoms with Gasteiger partial charge in [-0.3, -0.25) is 14.3 Å². The lowest BCUT2D eigenvalue weighted by molar-refractivity contribution is 0.482. The molecule has 2 aromatic carbocycles. The Morgan fingerprint density at radius 2 is 1.61 bits per heavy atom. The van der Waals surface area contributed by atoms with Crippen molar-refractivity contribution >= 4 is 0 Å². The van der Waals surface area contributed by atoms with E-state index in [2.05, 4.69) is 4.98 Å². The molecule has 1 heterocycles. The lowest BCUT2D eigenvalue weighted by Gasteiger charge is -2.11. The molecule has 0 amide bonds. The number of nitrogens with one attached hydrogen (secondary N) is 1. The maximum absolute atomic E-state index is 12.1. The monoisotopic (exact) mass is 308 g/mol. The molecule has 5 nitrogen and oxygen atoms in total. The predicted octanol–water partition coefficient (Wildman–Crippen LogP) is 2.88. The molecule has 3 aromatic rings. The van der Waals surface area contributed by atoms with Crippen LogP contribution < -0.4 is 16.0 Å².